The maximum atomic E-state index is 5.92. The van der Waals surface area contributed by atoms with Crippen molar-refractivity contribution in [1.82, 2.24) is 5.32 Å². The zero-order valence-electron chi connectivity index (χ0n) is 12.2. The summed E-state index contributed by atoms with van der Waals surface area (Å²) in [5.74, 6) is 0.985. The van der Waals surface area contributed by atoms with Crippen LogP contribution in [0, 0.1) is 0 Å². The van der Waals surface area contributed by atoms with Gasteiger partial charge >= 0.3 is 0 Å². The highest BCUT2D eigenvalue weighted by Crippen LogP contribution is 2.20. The maximum absolute atomic E-state index is 5.92. The molecule has 0 saturated carbocycles. The Labute approximate surface area is 112 Å². The van der Waals surface area contributed by atoms with Gasteiger partial charge in [-0.3, -0.25) is 0 Å². The molecule has 102 valence electrons. The topological polar surface area (TPSA) is 21.3 Å². The van der Waals surface area contributed by atoms with Gasteiger partial charge in [0.1, 0.15) is 5.75 Å². The molecule has 0 fully saturated rings. The largest absolute Gasteiger partial charge is 0.491 e. The first-order chi connectivity index (χ1) is 8.67. The van der Waals surface area contributed by atoms with Gasteiger partial charge in [-0.15, -0.1) is 0 Å². The number of hydrogen-bond acceptors (Lipinski definition) is 2. The minimum Gasteiger partial charge on any atom is -0.491 e. The molecule has 1 aromatic rings. The highest BCUT2D eigenvalue weighted by Gasteiger charge is 2.07. The fraction of sp³-hybridized carbons (Fsp3) is 0.625. The van der Waals surface area contributed by atoms with Crippen molar-refractivity contribution in [3.63, 3.8) is 0 Å². The minimum atomic E-state index is 0.296. The Morgan fingerprint density at radius 1 is 1.17 bits per heavy atom. The van der Waals surface area contributed by atoms with Gasteiger partial charge < -0.3 is 10.1 Å². The predicted octanol–water partition coefficient (Wildman–Crippen LogP) is 4.31. The van der Waals surface area contributed by atoms with E-state index in [0.29, 0.717) is 12.1 Å². The van der Waals surface area contributed by atoms with Gasteiger partial charge in [0.15, 0.2) is 0 Å². The SMILES string of the molecule is CCCNC(C)c1cccc(OC(C)CCC)c1. The van der Waals surface area contributed by atoms with Crippen LogP contribution in [0.4, 0.5) is 0 Å². The lowest BCUT2D eigenvalue weighted by molar-refractivity contribution is 0.209. The molecule has 0 amide bonds. The van der Waals surface area contributed by atoms with Crippen molar-refractivity contribution in [3.8, 4) is 5.75 Å². The third-order valence-electron chi connectivity index (χ3n) is 3.09. The molecule has 0 heterocycles. The van der Waals surface area contributed by atoms with Crippen LogP contribution in [0.15, 0.2) is 24.3 Å². The molecule has 1 rings (SSSR count). The summed E-state index contributed by atoms with van der Waals surface area (Å²) in [6, 6.07) is 8.81. The number of benzene rings is 1. The van der Waals surface area contributed by atoms with E-state index < -0.39 is 0 Å². The first kappa shape index (κ1) is 15.0. The van der Waals surface area contributed by atoms with E-state index in [4.69, 9.17) is 4.74 Å². The molecule has 0 spiro atoms. The third-order valence-corrected chi connectivity index (χ3v) is 3.09. The van der Waals surface area contributed by atoms with Gasteiger partial charge in [0.2, 0.25) is 0 Å². The summed E-state index contributed by atoms with van der Waals surface area (Å²) in [5, 5.41) is 3.50. The number of nitrogens with one attached hydrogen (secondary N) is 1. The maximum Gasteiger partial charge on any atom is 0.120 e. The molecule has 2 atom stereocenters. The van der Waals surface area contributed by atoms with E-state index in [1.165, 1.54) is 5.56 Å². The summed E-state index contributed by atoms with van der Waals surface area (Å²) in [5.41, 5.74) is 1.30. The first-order valence-corrected chi connectivity index (χ1v) is 7.17. The van der Waals surface area contributed by atoms with Gasteiger partial charge in [0.25, 0.3) is 0 Å². The van der Waals surface area contributed by atoms with Crippen molar-refractivity contribution < 1.29 is 4.74 Å². The fourth-order valence-electron chi connectivity index (χ4n) is 2.03. The molecule has 2 heteroatoms. The fourth-order valence-corrected chi connectivity index (χ4v) is 2.03. The molecule has 1 aromatic carbocycles. The molecule has 0 aromatic heterocycles. The Bertz CT molecular complexity index is 338. The third kappa shape index (κ3) is 5.09. The Morgan fingerprint density at radius 2 is 1.94 bits per heavy atom. The summed E-state index contributed by atoms with van der Waals surface area (Å²) < 4.78 is 5.92. The molecular formula is C16H27NO. The standard InChI is InChI=1S/C16H27NO/c1-5-8-13(3)18-16-10-7-9-15(12-16)14(4)17-11-6-2/h7,9-10,12-14,17H,5-6,8,11H2,1-4H3. The van der Waals surface area contributed by atoms with Crippen LogP contribution in [-0.2, 0) is 0 Å². The van der Waals surface area contributed by atoms with Gasteiger partial charge in [-0.05, 0) is 50.9 Å². The van der Waals surface area contributed by atoms with E-state index in [1.807, 2.05) is 6.07 Å². The van der Waals surface area contributed by atoms with E-state index in [2.05, 4.69) is 51.2 Å². The van der Waals surface area contributed by atoms with Crippen LogP contribution in [0.25, 0.3) is 0 Å². The summed E-state index contributed by atoms with van der Waals surface area (Å²) in [4.78, 5) is 0. The minimum absolute atomic E-state index is 0.296. The van der Waals surface area contributed by atoms with Crippen molar-refractivity contribution in [3.05, 3.63) is 29.8 Å². The highest BCUT2D eigenvalue weighted by atomic mass is 16.5. The summed E-state index contributed by atoms with van der Waals surface area (Å²) in [7, 11) is 0. The second kappa shape index (κ2) is 8.15. The van der Waals surface area contributed by atoms with E-state index >= 15 is 0 Å². The van der Waals surface area contributed by atoms with Crippen molar-refractivity contribution in [2.24, 2.45) is 0 Å². The van der Waals surface area contributed by atoms with Crippen molar-refractivity contribution in [1.29, 1.82) is 0 Å². The van der Waals surface area contributed by atoms with E-state index in [9.17, 15) is 0 Å². The Kier molecular flexibility index (Phi) is 6.81. The van der Waals surface area contributed by atoms with Crippen molar-refractivity contribution in [2.75, 3.05) is 6.54 Å². The average Bonchev–Trinajstić information content (AvgIpc) is 2.36. The molecule has 0 aliphatic heterocycles. The summed E-state index contributed by atoms with van der Waals surface area (Å²) >= 11 is 0. The van der Waals surface area contributed by atoms with Crippen LogP contribution in [0.1, 0.15) is 58.6 Å². The smallest absolute Gasteiger partial charge is 0.120 e. The Balaban J connectivity index is 2.61. The molecule has 1 N–H and O–H groups in total. The quantitative estimate of drug-likeness (QED) is 0.741. The van der Waals surface area contributed by atoms with Crippen LogP contribution in [0.2, 0.25) is 0 Å². The lowest BCUT2D eigenvalue weighted by Gasteiger charge is -2.17. The summed E-state index contributed by atoms with van der Waals surface area (Å²) in [6.45, 7) is 9.76. The Hall–Kier alpha value is -1.02. The molecule has 0 aliphatic rings. The molecular weight excluding hydrogens is 222 g/mol. The second-order valence-electron chi connectivity index (χ2n) is 4.97. The lowest BCUT2D eigenvalue weighted by Crippen LogP contribution is -2.19. The molecule has 2 unspecified atom stereocenters. The van der Waals surface area contributed by atoms with E-state index in [0.717, 1.165) is 31.6 Å². The van der Waals surface area contributed by atoms with Crippen LogP contribution in [0.3, 0.4) is 0 Å². The molecule has 18 heavy (non-hydrogen) atoms. The lowest BCUT2D eigenvalue weighted by atomic mass is 10.1. The van der Waals surface area contributed by atoms with E-state index in [-0.39, 0.29) is 0 Å². The molecule has 0 saturated heterocycles. The average molecular weight is 249 g/mol. The van der Waals surface area contributed by atoms with Gasteiger partial charge in [0.05, 0.1) is 6.10 Å². The van der Waals surface area contributed by atoms with Crippen molar-refractivity contribution >= 4 is 0 Å². The van der Waals surface area contributed by atoms with Crippen molar-refractivity contribution in [2.45, 2.75) is 59.1 Å². The second-order valence-corrected chi connectivity index (χ2v) is 4.97. The zero-order chi connectivity index (χ0) is 13.4. The summed E-state index contributed by atoms with van der Waals surface area (Å²) in [6.07, 6.45) is 3.72. The number of rotatable bonds is 8. The highest BCUT2D eigenvalue weighted by molar-refractivity contribution is 5.30. The van der Waals surface area contributed by atoms with Crippen LogP contribution in [-0.4, -0.2) is 12.6 Å². The molecule has 0 aliphatic carbocycles. The monoisotopic (exact) mass is 249 g/mol. The first-order valence-electron chi connectivity index (χ1n) is 7.17. The Morgan fingerprint density at radius 3 is 2.61 bits per heavy atom. The molecule has 0 bridgehead atoms. The number of ether oxygens (including phenoxy) is 1. The molecule has 0 radical (unpaired) electrons. The van der Waals surface area contributed by atoms with Crippen LogP contribution >= 0.6 is 0 Å². The normalized spacial score (nSPS) is 14.2. The van der Waals surface area contributed by atoms with Gasteiger partial charge in [0, 0.05) is 6.04 Å². The number of hydrogen-bond donors (Lipinski definition) is 1. The van der Waals surface area contributed by atoms with Crippen LogP contribution in [0.5, 0.6) is 5.75 Å². The van der Waals surface area contributed by atoms with Gasteiger partial charge in [-0.25, -0.2) is 0 Å². The van der Waals surface area contributed by atoms with Gasteiger partial charge in [-0.1, -0.05) is 32.4 Å². The zero-order valence-corrected chi connectivity index (χ0v) is 12.2. The predicted molar refractivity (Wildman–Crippen MR) is 78.1 cm³/mol. The van der Waals surface area contributed by atoms with Crippen LogP contribution < -0.4 is 10.1 Å². The van der Waals surface area contributed by atoms with E-state index in [1.54, 1.807) is 0 Å². The molecule has 2 nitrogen and oxygen atoms in total. The van der Waals surface area contributed by atoms with Gasteiger partial charge in [-0.2, -0.15) is 0 Å².